The third-order valence-corrected chi connectivity index (χ3v) is 4.02. The number of hydrogen-bond acceptors (Lipinski definition) is 5. The molecular formula is C19H30N2O4. The molecule has 6 nitrogen and oxygen atoms in total. The molecule has 0 aromatic carbocycles. The Labute approximate surface area is 150 Å². The minimum atomic E-state index is -0.0227. The number of hydrogen-bond donors (Lipinski definition) is 1. The summed E-state index contributed by atoms with van der Waals surface area (Å²) >= 11 is 0. The zero-order valence-electron chi connectivity index (χ0n) is 15.7. The van der Waals surface area contributed by atoms with Crippen LogP contribution in [0.15, 0.2) is 18.3 Å². The number of pyridine rings is 1. The molecule has 1 atom stereocenters. The van der Waals surface area contributed by atoms with Crippen LogP contribution in [0.1, 0.15) is 53.4 Å². The molecule has 0 spiro atoms. The SMILES string of the molecule is CC(=O)N[C@@H](C)COC1CCC(Oc2ccc(OC(C)C)cn2)CC1. The normalized spacial score (nSPS) is 21.6. The molecule has 25 heavy (non-hydrogen) atoms. The van der Waals surface area contributed by atoms with Crippen LogP contribution in [0.4, 0.5) is 0 Å². The van der Waals surface area contributed by atoms with Crippen molar-refractivity contribution in [2.75, 3.05) is 6.61 Å². The predicted molar refractivity (Wildman–Crippen MR) is 95.9 cm³/mol. The van der Waals surface area contributed by atoms with E-state index in [1.165, 1.54) is 6.92 Å². The van der Waals surface area contributed by atoms with Crippen LogP contribution in [-0.4, -0.2) is 41.9 Å². The molecule has 2 rings (SSSR count). The molecule has 1 amide bonds. The lowest BCUT2D eigenvalue weighted by molar-refractivity contribution is -0.120. The number of amides is 1. The van der Waals surface area contributed by atoms with Crippen molar-refractivity contribution >= 4 is 5.91 Å². The molecule has 1 saturated carbocycles. The number of ether oxygens (including phenoxy) is 3. The summed E-state index contributed by atoms with van der Waals surface area (Å²) in [5.74, 6) is 1.37. The molecule has 6 heteroatoms. The highest BCUT2D eigenvalue weighted by Crippen LogP contribution is 2.25. The van der Waals surface area contributed by atoms with Gasteiger partial charge in [-0.25, -0.2) is 4.98 Å². The van der Waals surface area contributed by atoms with E-state index in [2.05, 4.69) is 10.3 Å². The summed E-state index contributed by atoms with van der Waals surface area (Å²) in [5.41, 5.74) is 0. The van der Waals surface area contributed by atoms with Crippen molar-refractivity contribution in [1.29, 1.82) is 0 Å². The van der Waals surface area contributed by atoms with Gasteiger partial charge >= 0.3 is 0 Å². The predicted octanol–water partition coefficient (Wildman–Crippen LogP) is 3.10. The molecular weight excluding hydrogens is 320 g/mol. The number of rotatable bonds is 8. The Morgan fingerprint density at radius 3 is 2.44 bits per heavy atom. The van der Waals surface area contributed by atoms with E-state index in [0.29, 0.717) is 12.5 Å². The molecule has 1 aromatic rings. The van der Waals surface area contributed by atoms with E-state index < -0.39 is 0 Å². The van der Waals surface area contributed by atoms with Crippen LogP contribution in [0.2, 0.25) is 0 Å². The lowest BCUT2D eigenvalue weighted by atomic mass is 9.95. The van der Waals surface area contributed by atoms with E-state index in [1.807, 2.05) is 32.9 Å². The van der Waals surface area contributed by atoms with Crippen LogP contribution in [0.3, 0.4) is 0 Å². The average Bonchev–Trinajstić information content (AvgIpc) is 2.55. The Kier molecular flexibility index (Phi) is 7.50. The largest absolute Gasteiger partial charge is 0.489 e. The zero-order chi connectivity index (χ0) is 18.2. The van der Waals surface area contributed by atoms with Crippen molar-refractivity contribution in [3.8, 4) is 11.6 Å². The maximum Gasteiger partial charge on any atom is 0.217 e. The zero-order valence-corrected chi connectivity index (χ0v) is 15.7. The first kappa shape index (κ1) is 19.5. The summed E-state index contributed by atoms with van der Waals surface area (Å²) < 4.78 is 17.4. The number of carbonyl (C=O) groups is 1. The van der Waals surface area contributed by atoms with Gasteiger partial charge in [-0.2, -0.15) is 0 Å². The molecule has 1 aliphatic rings. The number of aromatic nitrogens is 1. The van der Waals surface area contributed by atoms with Crippen molar-refractivity contribution in [2.45, 2.75) is 77.7 Å². The van der Waals surface area contributed by atoms with Gasteiger partial charge in [-0.3, -0.25) is 4.79 Å². The van der Waals surface area contributed by atoms with Crippen LogP contribution >= 0.6 is 0 Å². The standard InChI is InChI=1S/C19H30N2O4/c1-13(2)24-18-9-10-19(20-11-18)25-17-7-5-16(6-8-17)23-12-14(3)21-15(4)22/h9-11,13-14,16-17H,5-8,12H2,1-4H3,(H,21,22)/t14-,16?,17?/m0/s1. The summed E-state index contributed by atoms with van der Waals surface area (Å²) in [6, 6.07) is 3.79. The van der Waals surface area contributed by atoms with Crippen molar-refractivity contribution in [2.24, 2.45) is 0 Å². The lowest BCUT2D eigenvalue weighted by Gasteiger charge is -2.29. The molecule has 0 radical (unpaired) electrons. The first-order valence-electron chi connectivity index (χ1n) is 9.10. The Balaban J connectivity index is 1.69. The first-order valence-corrected chi connectivity index (χ1v) is 9.10. The summed E-state index contributed by atoms with van der Waals surface area (Å²) in [6.07, 6.45) is 6.09. The second-order valence-electron chi connectivity index (χ2n) is 6.95. The second kappa shape index (κ2) is 9.61. The van der Waals surface area contributed by atoms with E-state index in [1.54, 1.807) is 6.20 Å². The molecule has 1 fully saturated rings. The van der Waals surface area contributed by atoms with Gasteiger partial charge in [0.25, 0.3) is 0 Å². The molecule has 1 N–H and O–H groups in total. The number of carbonyl (C=O) groups excluding carboxylic acids is 1. The number of nitrogens with one attached hydrogen (secondary N) is 1. The quantitative estimate of drug-likeness (QED) is 0.780. The highest BCUT2D eigenvalue weighted by molar-refractivity contribution is 5.73. The molecule has 1 aliphatic carbocycles. The topological polar surface area (TPSA) is 69.7 Å². The maximum absolute atomic E-state index is 11.0. The van der Waals surface area contributed by atoms with Gasteiger partial charge in [0, 0.05) is 19.0 Å². The molecule has 140 valence electrons. The van der Waals surface area contributed by atoms with E-state index in [4.69, 9.17) is 14.2 Å². The second-order valence-corrected chi connectivity index (χ2v) is 6.95. The van der Waals surface area contributed by atoms with Crippen LogP contribution in [0.5, 0.6) is 11.6 Å². The Hall–Kier alpha value is -1.82. The van der Waals surface area contributed by atoms with Gasteiger partial charge in [-0.15, -0.1) is 0 Å². The minimum absolute atomic E-state index is 0.0227. The van der Waals surface area contributed by atoms with E-state index in [9.17, 15) is 4.79 Å². The van der Waals surface area contributed by atoms with Gasteiger partial charge in [0.1, 0.15) is 11.9 Å². The summed E-state index contributed by atoms with van der Waals surface area (Å²) in [4.78, 5) is 15.3. The Bertz CT molecular complexity index is 525. The monoisotopic (exact) mass is 350 g/mol. The maximum atomic E-state index is 11.0. The fourth-order valence-corrected chi connectivity index (χ4v) is 2.93. The smallest absolute Gasteiger partial charge is 0.217 e. The van der Waals surface area contributed by atoms with Gasteiger partial charge in [-0.1, -0.05) is 0 Å². The Morgan fingerprint density at radius 1 is 1.20 bits per heavy atom. The fraction of sp³-hybridized carbons (Fsp3) is 0.684. The van der Waals surface area contributed by atoms with Gasteiger partial charge in [0.2, 0.25) is 11.8 Å². The third-order valence-electron chi connectivity index (χ3n) is 4.02. The van der Waals surface area contributed by atoms with Gasteiger partial charge in [0.15, 0.2) is 0 Å². The third kappa shape index (κ3) is 7.30. The Morgan fingerprint density at radius 2 is 1.88 bits per heavy atom. The van der Waals surface area contributed by atoms with Crippen LogP contribution < -0.4 is 14.8 Å². The van der Waals surface area contributed by atoms with Crippen LogP contribution in [0.25, 0.3) is 0 Å². The molecule has 0 unspecified atom stereocenters. The van der Waals surface area contributed by atoms with E-state index in [-0.39, 0.29) is 30.3 Å². The molecule has 1 aromatic heterocycles. The van der Waals surface area contributed by atoms with Crippen molar-refractivity contribution in [3.63, 3.8) is 0 Å². The summed E-state index contributed by atoms with van der Waals surface area (Å²) in [6.45, 7) is 8.00. The van der Waals surface area contributed by atoms with Gasteiger partial charge in [0.05, 0.1) is 25.0 Å². The molecule has 0 saturated heterocycles. The molecule has 0 bridgehead atoms. The van der Waals surface area contributed by atoms with Crippen molar-refractivity contribution < 1.29 is 19.0 Å². The van der Waals surface area contributed by atoms with Gasteiger partial charge < -0.3 is 19.5 Å². The highest BCUT2D eigenvalue weighted by atomic mass is 16.5. The summed E-state index contributed by atoms with van der Waals surface area (Å²) in [7, 11) is 0. The molecule has 0 aliphatic heterocycles. The molecule has 1 heterocycles. The highest BCUT2D eigenvalue weighted by Gasteiger charge is 2.23. The summed E-state index contributed by atoms with van der Waals surface area (Å²) in [5, 5.41) is 2.83. The van der Waals surface area contributed by atoms with Gasteiger partial charge in [-0.05, 0) is 52.5 Å². The van der Waals surface area contributed by atoms with Crippen LogP contribution in [0, 0.1) is 0 Å². The fourth-order valence-electron chi connectivity index (χ4n) is 2.93. The van der Waals surface area contributed by atoms with E-state index in [0.717, 1.165) is 31.4 Å². The van der Waals surface area contributed by atoms with Crippen molar-refractivity contribution in [1.82, 2.24) is 10.3 Å². The minimum Gasteiger partial charge on any atom is -0.489 e. The average molecular weight is 350 g/mol. The lowest BCUT2D eigenvalue weighted by Crippen LogP contribution is -2.36. The van der Waals surface area contributed by atoms with Crippen LogP contribution in [-0.2, 0) is 9.53 Å². The van der Waals surface area contributed by atoms with Crippen molar-refractivity contribution in [3.05, 3.63) is 18.3 Å². The van der Waals surface area contributed by atoms with E-state index >= 15 is 0 Å². The number of nitrogens with zero attached hydrogens (tertiary/aromatic N) is 1. The first-order chi connectivity index (χ1) is 11.9.